The molecule has 0 spiro atoms. The van der Waals surface area contributed by atoms with Gasteiger partial charge >= 0.3 is 5.97 Å². The number of benzene rings is 1. The maximum atomic E-state index is 12.5. The first-order chi connectivity index (χ1) is 6.58. The van der Waals surface area contributed by atoms with Crippen LogP contribution >= 0.6 is 12.4 Å². The van der Waals surface area contributed by atoms with Gasteiger partial charge in [-0.05, 0) is 24.7 Å². The number of nitrogens with zero attached hydrogens (tertiary/aromatic N) is 1. The van der Waals surface area contributed by atoms with Crippen molar-refractivity contribution in [3.8, 4) is 0 Å². The summed E-state index contributed by atoms with van der Waals surface area (Å²) in [4.78, 5) is 12.0. The monoisotopic (exact) mass is 233 g/mol. The third kappa shape index (κ3) is 5.34. The standard InChI is InChI=1S/C10H12FNO2.ClH/c1-12(7-10(13)14)6-8-2-4-9(11)5-3-8;/h2-5H,6-7H2,1H3,(H,13,14);1H. The molecule has 0 unspecified atom stereocenters. The Morgan fingerprint density at radius 3 is 2.40 bits per heavy atom. The van der Waals surface area contributed by atoms with Gasteiger partial charge in [0.2, 0.25) is 0 Å². The van der Waals surface area contributed by atoms with Crippen molar-refractivity contribution in [3.05, 3.63) is 35.6 Å². The molecule has 84 valence electrons. The molecule has 5 heteroatoms. The summed E-state index contributed by atoms with van der Waals surface area (Å²) in [6, 6.07) is 6.02. The Morgan fingerprint density at radius 1 is 1.40 bits per heavy atom. The Hall–Kier alpha value is -1.13. The van der Waals surface area contributed by atoms with Crippen LogP contribution in [0.15, 0.2) is 24.3 Å². The Labute approximate surface area is 93.9 Å². The summed E-state index contributed by atoms with van der Waals surface area (Å²) < 4.78 is 12.5. The minimum absolute atomic E-state index is 0. The molecule has 0 amide bonds. The summed E-state index contributed by atoms with van der Waals surface area (Å²) in [5.41, 5.74) is 0.898. The van der Waals surface area contributed by atoms with Gasteiger partial charge in [0.25, 0.3) is 0 Å². The number of carbonyl (C=O) groups is 1. The van der Waals surface area contributed by atoms with Crippen molar-refractivity contribution < 1.29 is 14.3 Å². The van der Waals surface area contributed by atoms with E-state index in [1.807, 2.05) is 0 Å². The molecule has 0 radical (unpaired) electrons. The smallest absolute Gasteiger partial charge is 0.317 e. The van der Waals surface area contributed by atoms with Crippen LogP contribution in [0.3, 0.4) is 0 Å². The predicted molar refractivity (Wildman–Crippen MR) is 57.6 cm³/mol. The fourth-order valence-electron chi connectivity index (χ4n) is 1.19. The van der Waals surface area contributed by atoms with Gasteiger partial charge in [0, 0.05) is 6.54 Å². The Balaban J connectivity index is 0.00000196. The van der Waals surface area contributed by atoms with E-state index >= 15 is 0 Å². The van der Waals surface area contributed by atoms with Crippen LogP contribution in [0.1, 0.15) is 5.56 Å². The normalized spacial score (nSPS) is 9.80. The third-order valence-corrected chi connectivity index (χ3v) is 1.77. The maximum Gasteiger partial charge on any atom is 0.317 e. The van der Waals surface area contributed by atoms with Crippen LogP contribution in [-0.2, 0) is 11.3 Å². The molecule has 0 saturated heterocycles. The Bertz CT molecular complexity index is 316. The molecular weight excluding hydrogens is 221 g/mol. The lowest BCUT2D eigenvalue weighted by Crippen LogP contribution is -2.25. The second-order valence-electron chi connectivity index (χ2n) is 3.19. The fraction of sp³-hybridized carbons (Fsp3) is 0.300. The number of aliphatic carboxylic acids is 1. The fourth-order valence-corrected chi connectivity index (χ4v) is 1.19. The summed E-state index contributed by atoms with van der Waals surface area (Å²) in [5, 5.41) is 8.50. The average Bonchev–Trinajstić information content (AvgIpc) is 2.07. The first kappa shape index (κ1) is 13.9. The number of carboxylic acids is 1. The lowest BCUT2D eigenvalue weighted by Gasteiger charge is -2.13. The van der Waals surface area contributed by atoms with Crippen molar-refractivity contribution in [1.82, 2.24) is 4.90 Å². The molecule has 0 fully saturated rings. The van der Waals surface area contributed by atoms with Crippen LogP contribution in [0.25, 0.3) is 0 Å². The molecule has 15 heavy (non-hydrogen) atoms. The van der Waals surface area contributed by atoms with Gasteiger partial charge in [-0.15, -0.1) is 12.4 Å². The van der Waals surface area contributed by atoms with E-state index in [4.69, 9.17) is 5.11 Å². The van der Waals surface area contributed by atoms with E-state index in [2.05, 4.69) is 0 Å². The molecule has 0 aliphatic carbocycles. The predicted octanol–water partition coefficient (Wildman–Crippen LogP) is 1.76. The maximum absolute atomic E-state index is 12.5. The highest BCUT2D eigenvalue weighted by atomic mass is 35.5. The topological polar surface area (TPSA) is 40.5 Å². The van der Waals surface area contributed by atoms with Gasteiger partial charge in [0.15, 0.2) is 0 Å². The highest BCUT2D eigenvalue weighted by Crippen LogP contribution is 2.04. The van der Waals surface area contributed by atoms with E-state index in [0.29, 0.717) is 6.54 Å². The molecular formula is C10H13ClFNO2. The summed E-state index contributed by atoms with van der Waals surface area (Å²) >= 11 is 0. The van der Waals surface area contributed by atoms with Gasteiger partial charge in [-0.1, -0.05) is 12.1 Å². The highest BCUT2D eigenvalue weighted by Gasteiger charge is 2.04. The summed E-state index contributed by atoms with van der Waals surface area (Å²) in [5.74, 6) is -1.15. The molecule has 1 rings (SSSR count). The Morgan fingerprint density at radius 2 is 1.93 bits per heavy atom. The van der Waals surface area contributed by atoms with E-state index in [1.54, 1.807) is 24.1 Å². The molecule has 1 aromatic carbocycles. The molecule has 0 heterocycles. The molecule has 1 N–H and O–H groups in total. The van der Waals surface area contributed by atoms with Gasteiger partial charge in [-0.2, -0.15) is 0 Å². The van der Waals surface area contributed by atoms with Crippen LogP contribution in [0.4, 0.5) is 4.39 Å². The average molecular weight is 234 g/mol. The summed E-state index contributed by atoms with van der Waals surface area (Å²) in [6.07, 6.45) is 0. The molecule has 0 bridgehead atoms. The van der Waals surface area contributed by atoms with Crippen molar-refractivity contribution in [2.45, 2.75) is 6.54 Å². The van der Waals surface area contributed by atoms with E-state index < -0.39 is 5.97 Å². The second kappa shape index (κ2) is 6.37. The number of likely N-dealkylation sites (N-methyl/N-ethyl adjacent to an activating group) is 1. The van der Waals surface area contributed by atoms with E-state index in [-0.39, 0.29) is 24.8 Å². The molecule has 0 aliphatic heterocycles. The number of hydrogen-bond acceptors (Lipinski definition) is 2. The van der Waals surface area contributed by atoms with Crippen molar-refractivity contribution >= 4 is 18.4 Å². The zero-order valence-electron chi connectivity index (χ0n) is 8.31. The minimum atomic E-state index is -0.866. The van der Waals surface area contributed by atoms with Gasteiger partial charge < -0.3 is 5.11 Å². The minimum Gasteiger partial charge on any atom is -0.480 e. The molecule has 0 atom stereocenters. The van der Waals surface area contributed by atoms with E-state index in [9.17, 15) is 9.18 Å². The van der Waals surface area contributed by atoms with Crippen molar-refractivity contribution in [2.24, 2.45) is 0 Å². The lowest BCUT2D eigenvalue weighted by molar-refractivity contribution is -0.138. The summed E-state index contributed by atoms with van der Waals surface area (Å²) in [7, 11) is 1.71. The Kier molecular flexibility index (Phi) is 5.89. The zero-order valence-corrected chi connectivity index (χ0v) is 9.13. The van der Waals surface area contributed by atoms with Crippen molar-refractivity contribution in [2.75, 3.05) is 13.6 Å². The molecule has 0 aromatic heterocycles. The van der Waals surface area contributed by atoms with Gasteiger partial charge in [-0.3, -0.25) is 9.69 Å². The van der Waals surface area contributed by atoms with Crippen LogP contribution in [-0.4, -0.2) is 29.6 Å². The van der Waals surface area contributed by atoms with Crippen LogP contribution < -0.4 is 0 Å². The highest BCUT2D eigenvalue weighted by molar-refractivity contribution is 5.85. The van der Waals surface area contributed by atoms with Crippen LogP contribution in [0.2, 0.25) is 0 Å². The molecule has 3 nitrogen and oxygen atoms in total. The summed E-state index contributed by atoms with van der Waals surface area (Å²) in [6.45, 7) is 0.490. The van der Waals surface area contributed by atoms with Crippen molar-refractivity contribution in [3.63, 3.8) is 0 Å². The quantitative estimate of drug-likeness (QED) is 0.862. The third-order valence-electron chi connectivity index (χ3n) is 1.77. The van der Waals surface area contributed by atoms with Crippen molar-refractivity contribution in [1.29, 1.82) is 0 Å². The molecule has 0 saturated carbocycles. The largest absolute Gasteiger partial charge is 0.480 e. The van der Waals surface area contributed by atoms with E-state index in [1.165, 1.54) is 12.1 Å². The lowest BCUT2D eigenvalue weighted by atomic mass is 10.2. The first-order valence-electron chi connectivity index (χ1n) is 4.22. The van der Waals surface area contributed by atoms with Crippen LogP contribution in [0, 0.1) is 5.82 Å². The number of hydrogen-bond donors (Lipinski definition) is 1. The number of carboxylic acid groups (broad SMARTS) is 1. The molecule has 1 aromatic rings. The SMILES string of the molecule is CN(CC(=O)O)Cc1ccc(F)cc1.Cl. The van der Waals surface area contributed by atoms with Gasteiger partial charge in [0.05, 0.1) is 6.54 Å². The number of halogens is 2. The van der Waals surface area contributed by atoms with E-state index in [0.717, 1.165) is 5.56 Å². The molecule has 0 aliphatic rings. The van der Waals surface area contributed by atoms with Gasteiger partial charge in [0.1, 0.15) is 5.82 Å². The first-order valence-corrected chi connectivity index (χ1v) is 4.22. The van der Waals surface area contributed by atoms with Crippen LogP contribution in [0.5, 0.6) is 0 Å². The van der Waals surface area contributed by atoms with Gasteiger partial charge in [-0.25, -0.2) is 4.39 Å². The zero-order chi connectivity index (χ0) is 10.6. The second-order valence-corrected chi connectivity index (χ2v) is 3.19. The number of rotatable bonds is 4.